The average Bonchev–Trinajstić information content (AvgIpc) is 2.55. The molecule has 2 atom stereocenters. The molecular weight excluding hydrogens is 232 g/mol. The summed E-state index contributed by atoms with van der Waals surface area (Å²) in [5, 5.41) is 3.44. The van der Waals surface area contributed by atoms with Crippen molar-refractivity contribution in [3.63, 3.8) is 0 Å². The Morgan fingerprint density at radius 2 is 1.94 bits per heavy atom. The van der Waals surface area contributed by atoms with Crippen LogP contribution in [0.15, 0.2) is 6.07 Å². The van der Waals surface area contributed by atoms with Crippen LogP contribution < -0.4 is 5.32 Å². The summed E-state index contributed by atoms with van der Waals surface area (Å²) < 4.78 is 0. The summed E-state index contributed by atoms with van der Waals surface area (Å²) in [6.07, 6.45) is 0. The van der Waals surface area contributed by atoms with Crippen LogP contribution in [0.4, 0.5) is 0 Å². The fraction of sp³-hybridized carbons (Fsp3) is 0.615. The minimum Gasteiger partial charge on any atom is -0.336 e. The van der Waals surface area contributed by atoms with Gasteiger partial charge in [0.15, 0.2) is 0 Å². The van der Waals surface area contributed by atoms with Crippen LogP contribution >= 0.6 is 11.3 Å². The topological polar surface area (TPSA) is 32.3 Å². The second kappa shape index (κ2) is 4.78. The van der Waals surface area contributed by atoms with E-state index in [9.17, 15) is 4.79 Å². The van der Waals surface area contributed by atoms with Gasteiger partial charge in [0, 0.05) is 34.9 Å². The highest BCUT2D eigenvalue weighted by atomic mass is 32.1. The zero-order valence-corrected chi connectivity index (χ0v) is 11.7. The molecule has 0 saturated carbocycles. The SMILES string of the molecule is Cc1cc(C(=O)N2C[C@@H](C)N[C@@H](C)C2)c(C)s1. The molecule has 1 aromatic rings. The van der Waals surface area contributed by atoms with E-state index < -0.39 is 0 Å². The van der Waals surface area contributed by atoms with Gasteiger partial charge in [0.1, 0.15) is 0 Å². The van der Waals surface area contributed by atoms with Crippen LogP contribution in [-0.2, 0) is 0 Å². The number of amides is 1. The van der Waals surface area contributed by atoms with Crippen molar-refractivity contribution in [2.75, 3.05) is 13.1 Å². The molecule has 1 saturated heterocycles. The Hall–Kier alpha value is -0.870. The molecule has 0 spiro atoms. The van der Waals surface area contributed by atoms with Crippen molar-refractivity contribution in [1.29, 1.82) is 0 Å². The highest BCUT2D eigenvalue weighted by molar-refractivity contribution is 7.12. The van der Waals surface area contributed by atoms with Gasteiger partial charge in [-0.05, 0) is 33.8 Å². The molecule has 17 heavy (non-hydrogen) atoms. The highest BCUT2D eigenvalue weighted by Crippen LogP contribution is 2.22. The second-order valence-electron chi connectivity index (χ2n) is 5.01. The summed E-state index contributed by atoms with van der Waals surface area (Å²) >= 11 is 1.70. The number of piperazine rings is 1. The Morgan fingerprint density at radius 3 is 2.41 bits per heavy atom. The number of thiophene rings is 1. The van der Waals surface area contributed by atoms with E-state index in [2.05, 4.69) is 26.1 Å². The number of rotatable bonds is 1. The highest BCUT2D eigenvalue weighted by Gasteiger charge is 2.26. The molecule has 3 nitrogen and oxygen atoms in total. The Labute approximate surface area is 107 Å². The van der Waals surface area contributed by atoms with Gasteiger partial charge >= 0.3 is 0 Å². The van der Waals surface area contributed by atoms with Crippen LogP contribution in [0.2, 0.25) is 0 Å². The number of nitrogens with one attached hydrogen (secondary N) is 1. The molecule has 4 heteroatoms. The first-order valence-electron chi connectivity index (χ1n) is 6.09. The van der Waals surface area contributed by atoms with E-state index in [4.69, 9.17) is 0 Å². The molecule has 2 rings (SSSR count). The standard InChI is InChI=1S/C13H20N2OS/c1-8-6-15(7-9(2)14-8)13(16)12-5-10(3)17-11(12)4/h5,8-9,14H,6-7H2,1-4H3/t8-,9+. The lowest BCUT2D eigenvalue weighted by Gasteiger charge is -2.36. The number of nitrogens with zero attached hydrogens (tertiary/aromatic N) is 1. The molecule has 1 amide bonds. The third-order valence-electron chi connectivity index (χ3n) is 3.12. The first-order valence-corrected chi connectivity index (χ1v) is 6.91. The van der Waals surface area contributed by atoms with Crippen molar-refractivity contribution in [1.82, 2.24) is 10.2 Å². The maximum Gasteiger partial charge on any atom is 0.255 e. The fourth-order valence-electron chi connectivity index (χ4n) is 2.51. The largest absolute Gasteiger partial charge is 0.336 e. The molecule has 2 heterocycles. The van der Waals surface area contributed by atoms with Gasteiger partial charge in [0.2, 0.25) is 0 Å². The number of carbonyl (C=O) groups is 1. The van der Waals surface area contributed by atoms with E-state index >= 15 is 0 Å². The molecule has 1 N–H and O–H groups in total. The van der Waals surface area contributed by atoms with Crippen LogP contribution in [0.5, 0.6) is 0 Å². The maximum absolute atomic E-state index is 12.4. The van der Waals surface area contributed by atoms with Gasteiger partial charge < -0.3 is 10.2 Å². The number of hydrogen-bond donors (Lipinski definition) is 1. The molecule has 1 aliphatic rings. The summed E-state index contributed by atoms with van der Waals surface area (Å²) in [5.74, 6) is 0.187. The molecule has 1 aliphatic heterocycles. The van der Waals surface area contributed by atoms with Crippen molar-refractivity contribution < 1.29 is 4.79 Å². The van der Waals surface area contributed by atoms with E-state index in [1.54, 1.807) is 11.3 Å². The predicted molar refractivity (Wildman–Crippen MR) is 71.8 cm³/mol. The van der Waals surface area contributed by atoms with Crippen molar-refractivity contribution in [2.45, 2.75) is 39.8 Å². The van der Waals surface area contributed by atoms with Crippen LogP contribution in [0.1, 0.15) is 34.0 Å². The van der Waals surface area contributed by atoms with Crippen LogP contribution in [-0.4, -0.2) is 36.0 Å². The quantitative estimate of drug-likeness (QED) is 0.831. The third kappa shape index (κ3) is 2.69. The predicted octanol–water partition coefficient (Wildman–Crippen LogP) is 2.19. The molecule has 0 aromatic carbocycles. The van der Waals surface area contributed by atoms with Crippen LogP contribution in [0.3, 0.4) is 0 Å². The van der Waals surface area contributed by atoms with Crippen molar-refractivity contribution in [3.05, 3.63) is 21.4 Å². The lowest BCUT2D eigenvalue weighted by atomic mass is 10.1. The van der Waals surface area contributed by atoms with E-state index in [1.807, 2.05) is 17.9 Å². The van der Waals surface area contributed by atoms with Crippen LogP contribution in [0, 0.1) is 13.8 Å². The lowest BCUT2D eigenvalue weighted by Crippen LogP contribution is -2.55. The summed E-state index contributed by atoms with van der Waals surface area (Å²) in [7, 11) is 0. The van der Waals surface area contributed by atoms with Crippen molar-refractivity contribution in [2.24, 2.45) is 0 Å². The van der Waals surface area contributed by atoms with Gasteiger partial charge in [-0.1, -0.05) is 0 Å². The molecular formula is C13H20N2OS. The van der Waals surface area contributed by atoms with E-state index in [1.165, 1.54) is 4.88 Å². The zero-order chi connectivity index (χ0) is 12.6. The van der Waals surface area contributed by atoms with Gasteiger partial charge in [-0.25, -0.2) is 0 Å². The first-order chi connectivity index (χ1) is 7.97. The number of aryl methyl sites for hydroxylation is 2. The van der Waals surface area contributed by atoms with Crippen molar-refractivity contribution >= 4 is 17.2 Å². The van der Waals surface area contributed by atoms with E-state index in [-0.39, 0.29) is 5.91 Å². The maximum atomic E-state index is 12.4. The van der Waals surface area contributed by atoms with E-state index in [0.29, 0.717) is 12.1 Å². The molecule has 0 unspecified atom stereocenters. The van der Waals surface area contributed by atoms with E-state index in [0.717, 1.165) is 23.5 Å². The normalized spacial score (nSPS) is 25.1. The zero-order valence-electron chi connectivity index (χ0n) is 10.9. The summed E-state index contributed by atoms with van der Waals surface area (Å²) in [6, 6.07) is 2.77. The molecule has 0 aliphatic carbocycles. The minimum absolute atomic E-state index is 0.187. The van der Waals surface area contributed by atoms with Gasteiger partial charge in [-0.15, -0.1) is 11.3 Å². The molecule has 0 bridgehead atoms. The van der Waals surface area contributed by atoms with Crippen LogP contribution in [0.25, 0.3) is 0 Å². The molecule has 1 fully saturated rings. The number of carbonyl (C=O) groups excluding carboxylic acids is 1. The first kappa shape index (κ1) is 12.6. The molecule has 0 radical (unpaired) electrons. The fourth-order valence-corrected chi connectivity index (χ4v) is 3.42. The Morgan fingerprint density at radius 1 is 1.35 bits per heavy atom. The van der Waals surface area contributed by atoms with Gasteiger partial charge in [-0.2, -0.15) is 0 Å². The monoisotopic (exact) mass is 252 g/mol. The van der Waals surface area contributed by atoms with Gasteiger partial charge in [0.05, 0.1) is 5.56 Å². The minimum atomic E-state index is 0.187. The van der Waals surface area contributed by atoms with Gasteiger partial charge in [-0.3, -0.25) is 4.79 Å². The third-order valence-corrected chi connectivity index (χ3v) is 4.08. The smallest absolute Gasteiger partial charge is 0.255 e. The Balaban J connectivity index is 2.17. The second-order valence-corrected chi connectivity index (χ2v) is 6.47. The average molecular weight is 252 g/mol. The lowest BCUT2D eigenvalue weighted by molar-refractivity contribution is 0.0673. The van der Waals surface area contributed by atoms with Crippen molar-refractivity contribution in [3.8, 4) is 0 Å². The Bertz CT molecular complexity index is 417. The summed E-state index contributed by atoms with van der Waals surface area (Å²) in [5.41, 5.74) is 0.883. The summed E-state index contributed by atoms with van der Waals surface area (Å²) in [4.78, 5) is 16.7. The van der Waals surface area contributed by atoms with Gasteiger partial charge in [0.25, 0.3) is 5.91 Å². The molecule has 1 aromatic heterocycles. The Kier molecular flexibility index (Phi) is 3.54. The number of hydrogen-bond acceptors (Lipinski definition) is 3. The summed E-state index contributed by atoms with van der Waals surface area (Å²) in [6.45, 7) is 9.94. The molecule has 94 valence electrons.